The maximum Gasteiger partial charge on any atom is 0.239 e. The van der Waals surface area contributed by atoms with Crippen LogP contribution in [0.2, 0.25) is 0 Å². The first-order valence-corrected chi connectivity index (χ1v) is 8.38. The topological polar surface area (TPSA) is 56.7 Å². The minimum Gasteiger partial charge on any atom is -0.392 e. The Balaban J connectivity index is 1.65. The SMILES string of the molecule is CC(C(=O)N(C)Cc1nc2ccccc2s1)N1CC[C@H](O)C1. The number of benzene rings is 1. The van der Waals surface area contributed by atoms with E-state index in [9.17, 15) is 9.90 Å². The molecule has 0 spiro atoms. The number of para-hydroxylation sites is 1. The van der Waals surface area contributed by atoms with Crippen molar-refractivity contribution < 1.29 is 9.90 Å². The highest BCUT2D eigenvalue weighted by Gasteiger charge is 2.30. The van der Waals surface area contributed by atoms with Gasteiger partial charge >= 0.3 is 0 Å². The number of thiazole rings is 1. The molecule has 5 nitrogen and oxygen atoms in total. The van der Waals surface area contributed by atoms with E-state index in [1.807, 2.05) is 43.1 Å². The fourth-order valence-electron chi connectivity index (χ4n) is 2.86. The molecule has 1 fully saturated rings. The number of amides is 1. The number of likely N-dealkylation sites (tertiary alicyclic amines) is 1. The van der Waals surface area contributed by atoms with Gasteiger partial charge in [0, 0.05) is 20.1 Å². The lowest BCUT2D eigenvalue weighted by Crippen LogP contribution is -2.44. The molecule has 1 N–H and O–H groups in total. The Morgan fingerprint density at radius 2 is 2.32 bits per heavy atom. The van der Waals surface area contributed by atoms with Crippen molar-refractivity contribution in [2.24, 2.45) is 0 Å². The molecule has 0 bridgehead atoms. The Morgan fingerprint density at radius 3 is 3.00 bits per heavy atom. The Labute approximate surface area is 134 Å². The lowest BCUT2D eigenvalue weighted by Gasteiger charge is -2.27. The third kappa shape index (κ3) is 3.14. The molecule has 6 heteroatoms. The van der Waals surface area contributed by atoms with Gasteiger partial charge < -0.3 is 10.0 Å². The smallest absolute Gasteiger partial charge is 0.239 e. The van der Waals surface area contributed by atoms with Crippen LogP contribution in [0, 0.1) is 0 Å². The molecule has 1 aromatic heterocycles. The average Bonchev–Trinajstić information content (AvgIpc) is 3.11. The van der Waals surface area contributed by atoms with E-state index in [1.165, 1.54) is 0 Å². The van der Waals surface area contributed by atoms with Gasteiger partial charge in [-0.05, 0) is 25.5 Å². The van der Waals surface area contributed by atoms with Crippen LogP contribution in [-0.4, -0.2) is 58.1 Å². The first kappa shape index (κ1) is 15.4. The van der Waals surface area contributed by atoms with Crippen molar-refractivity contribution in [2.75, 3.05) is 20.1 Å². The molecule has 2 atom stereocenters. The van der Waals surface area contributed by atoms with Crippen molar-refractivity contribution in [2.45, 2.75) is 32.0 Å². The summed E-state index contributed by atoms with van der Waals surface area (Å²) in [5.41, 5.74) is 0.985. The summed E-state index contributed by atoms with van der Waals surface area (Å²) < 4.78 is 1.15. The number of aliphatic hydroxyl groups excluding tert-OH is 1. The summed E-state index contributed by atoms with van der Waals surface area (Å²) in [6.45, 7) is 3.80. The second kappa shape index (κ2) is 6.32. The maximum absolute atomic E-state index is 12.5. The third-order valence-electron chi connectivity index (χ3n) is 4.19. The van der Waals surface area contributed by atoms with Crippen molar-refractivity contribution in [3.05, 3.63) is 29.3 Å². The summed E-state index contributed by atoms with van der Waals surface area (Å²) in [4.78, 5) is 20.9. The number of carbonyl (C=O) groups is 1. The first-order valence-electron chi connectivity index (χ1n) is 7.56. The largest absolute Gasteiger partial charge is 0.392 e. The van der Waals surface area contributed by atoms with Crippen LogP contribution in [0.4, 0.5) is 0 Å². The molecule has 1 aromatic carbocycles. The number of aliphatic hydroxyl groups is 1. The molecule has 1 aliphatic heterocycles. The van der Waals surface area contributed by atoms with E-state index in [4.69, 9.17) is 0 Å². The van der Waals surface area contributed by atoms with Crippen LogP contribution >= 0.6 is 11.3 Å². The van der Waals surface area contributed by atoms with E-state index < -0.39 is 0 Å². The highest BCUT2D eigenvalue weighted by Crippen LogP contribution is 2.23. The van der Waals surface area contributed by atoms with Gasteiger partial charge in [0.25, 0.3) is 0 Å². The van der Waals surface area contributed by atoms with Crippen molar-refractivity contribution >= 4 is 27.5 Å². The maximum atomic E-state index is 12.5. The highest BCUT2D eigenvalue weighted by atomic mass is 32.1. The number of nitrogens with zero attached hydrogens (tertiary/aromatic N) is 3. The van der Waals surface area contributed by atoms with Crippen LogP contribution in [0.1, 0.15) is 18.4 Å². The second-order valence-electron chi connectivity index (χ2n) is 5.88. The van der Waals surface area contributed by atoms with Crippen molar-refractivity contribution in [1.29, 1.82) is 0 Å². The predicted octanol–water partition coefficient (Wildman–Crippen LogP) is 1.71. The lowest BCUT2D eigenvalue weighted by molar-refractivity contribution is -0.135. The van der Waals surface area contributed by atoms with Gasteiger partial charge in [0.05, 0.1) is 28.9 Å². The summed E-state index contributed by atoms with van der Waals surface area (Å²) in [7, 11) is 1.82. The van der Waals surface area contributed by atoms with E-state index in [-0.39, 0.29) is 18.1 Å². The van der Waals surface area contributed by atoms with Crippen LogP contribution in [0.5, 0.6) is 0 Å². The standard InChI is InChI=1S/C16H21N3O2S/c1-11(19-8-7-12(20)9-19)16(21)18(2)10-15-17-13-5-3-4-6-14(13)22-15/h3-6,11-12,20H,7-10H2,1-2H3/t11?,12-/m0/s1. The Bertz CT molecular complexity index is 639. The van der Waals surface area contributed by atoms with Crippen LogP contribution < -0.4 is 0 Å². The molecule has 1 unspecified atom stereocenters. The Morgan fingerprint density at radius 1 is 1.55 bits per heavy atom. The van der Waals surface area contributed by atoms with E-state index in [0.29, 0.717) is 13.1 Å². The fourth-order valence-corrected chi connectivity index (χ4v) is 3.88. The molecule has 0 radical (unpaired) electrons. The molecule has 1 aliphatic rings. The quantitative estimate of drug-likeness (QED) is 0.932. The van der Waals surface area contributed by atoms with Gasteiger partial charge in [-0.15, -0.1) is 11.3 Å². The summed E-state index contributed by atoms with van der Waals surface area (Å²) >= 11 is 1.63. The van der Waals surface area contributed by atoms with E-state index in [1.54, 1.807) is 16.2 Å². The van der Waals surface area contributed by atoms with Gasteiger partial charge in [-0.3, -0.25) is 9.69 Å². The van der Waals surface area contributed by atoms with Gasteiger partial charge in [0.1, 0.15) is 5.01 Å². The zero-order valence-electron chi connectivity index (χ0n) is 12.9. The first-order chi connectivity index (χ1) is 10.5. The minimum absolute atomic E-state index is 0.0772. The second-order valence-corrected chi connectivity index (χ2v) is 7.00. The van der Waals surface area contributed by atoms with Crippen LogP contribution in [0.15, 0.2) is 24.3 Å². The molecular formula is C16H21N3O2S. The number of hydrogen-bond donors (Lipinski definition) is 1. The van der Waals surface area contributed by atoms with Crippen LogP contribution in [0.25, 0.3) is 10.2 Å². The average molecular weight is 319 g/mol. The van der Waals surface area contributed by atoms with Crippen molar-refractivity contribution in [1.82, 2.24) is 14.8 Å². The summed E-state index contributed by atoms with van der Waals surface area (Å²) in [6, 6.07) is 7.82. The summed E-state index contributed by atoms with van der Waals surface area (Å²) in [5, 5.41) is 10.6. The number of fused-ring (bicyclic) bond motifs is 1. The highest BCUT2D eigenvalue weighted by molar-refractivity contribution is 7.18. The number of β-amino-alcohol motifs (C(OH)–C–C–N with tert-alkyl or cyclic N) is 1. The number of likely N-dealkylation sites (N-methyl/N-ethyl adjacent to an activating group) is 1. The van der Waals surface area contributed by atoms with Crippen LogP contribution in [-0.2, 0) is 11.3 Å². The number of hydrogen-bond acceptors (Lipinski definition) is 5. The molecule has 118 valence electrons. The molecule has 0 aliphatic carbocycles. The molecule has 1 amide bonds. The van der Waals surface area contributed by atoms with Gasteiger partial charge in [0.15, 0.2) is 0 Å². The van der Waals surface area contributed by atoms with E-state index in [0.717, 1.165) is 28.2 Å². The van der Waals surface area contributed by atoms with E-state index >= 15 is 0 Å². The van der Waals surface area contributed by atoms with Crippen molar-refractivity contribution in [3.63, 3.8) is 0 Å². The molecule has 2 heterocycles. The number of carbonyl (C=O) groups excluding carboxylic acids is 1. The molecule has 3 rings (SSSR count). The lowest BCUT2D eigenvalue weighted by atomic mass is 10.2. The van der Waals surface area contributed by atoms with Gasteiger partial charge in [-0.25, -0.2) is 4.98 Å². The van der Waals surface area contributed by atoms with Crippen molar-refractivity contribution in [3.8, 4) is 0 Å². The fraction of sp³-hybridized carbons (Fsp3) is 0.500. The van der Waals surface area contributed by atoms with Gasteiger partial charge in [-0.2, -0.15) is 0 Å². The van der Waals surface area contributed by atoms with Gasteiger partial charge in [-0.1, -0.05) is 12.1 Å². The number of aromatic nitrogens is 1. The predicted molar refractivity (Wildman–Crippen MR) is 87.8 cm³/mol. The molecule has 2 aromatic rings. The van der Waals surface area contributed by atoms with Gasteiger partial charge in [0.2, 0.25) is 5.91 Å². The summed E-state index contributed by atoms with van der Waals surface area (Å²) in [5.74, 6) is 0.0772. The Kier molecular flexibility index (Phi) is 4.42. The van der Waals surface area contributed by atoms with E-state index in [2.05, 4.69) is 4.98 Å². The minimum atomic E-state index is -0.301. The molecule has 22 heavy (non-hydrogen) atoms. The molecular weight excluding hydrogens is 298 g/mol. The van der Waals surface area contributed by atoms with Crippen LogP contribution in [0.3, 0.4) is 0 Å². The monoisotopic (exact) mass is 319 g/mol. The third-order valence-corrected chi connectivity index (χ3v) is 5.21. The molecule has 0 saturated carbocycles. The normalized spacial score (nSPS) is 20.4. The molecule has 1 saturated heterocycles. The zero-order valence-corrected chi connectivity index (χ0v) is 13.7. The Hall–Kier alpha value is -1.50. The zero-order chi connectivity index (χ0) is 15.7. The summed E-state index contributed by atoms with van der Waals surface area (Å²) in [6.07, 6.45) is 0.448. The number of rotatable bonds is 4.